The number of hydrogen-bond acceptors (Lipinski definition) is 3. The topological polar surface area (TPSA) is 24.9 Å². The largest absolute Gasteiger partial charge is 0.416 e. The Morgan fingerprint density at radius 1 is 1.26 bits per heavy atom. The first kappa shape index (κ1) is 14.0. The summed E-state index contributed by atoms with van der Waals surface area (Å²) < 4.78 is 51.1. The number of nitrogens with one attached hydrogen (secondary N) is 1. The van der Waals surface area contributed by atoms with Crippen molar-refractivity contribution in [1.29, 1.82) is 0 Å². The highest BCUT2D eigenvalue weighted by Crippen LogP contribution is 2.34. The van der Waals surface area contributed by atoms with Gasteiger partial charge in [-0.25, -0.2) is 9.37 Å². The molecule has 0 fully saturated rings. The lowest BCUT2D eigenvalue weighted by atomic mass is 10.1. The van der Waals surface area contributed by atoms with Crippen molar-refractivity contribution in [3.63, 3.8) is 0 Å². The van der Waals surface area contributed by atoms with Gasteiger partial charge < -0.3 is 5.32 Å². The van der Waals surface area contributed by atoms with Gasteiger partial charge in [-0.2, -0.15) is 13.2 Å². The van der Waals surface area contributed by atoms with Crippen molar-refractivity contribution >= 4 is 11.3 Å². The molecule has 2 rings (SSSR count). The van der Waals surface area contributed by atoms with Gasteiger partial charge in [-0.05, 0) is 25.2 Å². The molecule has 7 heteroatoms. The number of benzene rings is 1. The van der Waals surface area contributed by atoms with E-state index in [-0.39, 0.29) is 5.56 Å². The molecule has 2 aromatic rings. The van der Waals surface area contributed by atoms with Gasteiger partial charge in [-0.3, -0.25) is 0 Å². The van der Waals surface area contributed by atoms with Crippen LogP contribution in [0.2, 0.25) is 0 Å². The van der Waals surface area contributed by atoms with Crippen molar-refractivity contribution in [1.82, 2.24) is 10.3 Å². The quantitative estimate of drug-likeness (QED) is 0.872. The van der Waals surface area contributed by atoms with Crippen LogP contribution in [-0.2, 0) is 12.7 Å². The van der Waals surface area contributed by atoms with Gasteiger partial charge in [0.05, 0.1) is 5.56 Å². The van der Waals surface area contributed by atoms with Gasteiger partial charge in [0.15, 0.2) is 0 Å². The molecule has 1 aromatic carbocycles. The normalized spacial score (nSPS) is 11.8. The van der Waals surface area contributed by atoms with Crippen LogP contribution in [0.1, 0.15) is 10.4 Å². The van der Waals surface area contributed by atoms with Crippen LogP contribution in [0, 0.1) is 5.82 Å². The summed E-state index contributed by atoms with van der Waals surface area (Å²) >= 11 is 1.23. The van der Waals surface area contributed by atoms with E-state index in [0.29, 0.717) is 17.6 Å². The molecule has 1 heterocycles. The number of halogens is 4. The molecule has 0 aliphatic carbocycles. The number of thiazole rings is 1. The monoisotopic (exact) mass is 290 g/mol. The van der Waals surface area contributed by atoms with Crippen molar-refractivity contribution in [3.8, 4) is 10.6 Å². The highest BCUT2D eigenvalue weighted by atomic mass is 32.1. The highest BCUT2D eigenvalue weighted by Gasteiger charge is 2.31. The van der Waals surface area contributed by atoms with Crippen LogP contribution in [0.5, 0.6) is 0 Å². The Bertz CT molecular complexity index is 577. The van der Waals surface area contributed by atoms with E-state index >= 15 is 0 Å². The van der Waals surface area contributed by atoms with Crippen molar-refractivity contribution in [2.45, 2.75) is 12.7 Å². The predicted molar refractivity (Wildman–Crippen MR) is 65.3 cm³/mol. The fraction of sp³-hybridized carbons (Fsp3) is 0.250. The molecule has 0 radical (unpaired) electrons. The summed E-state index contributed by atoms with van der Waals surface area (Å²) in [5.41, 5.74) is -0.868. The van der Waals surface area contributed by atoms with Gasteiger partial charge in [0, 0.05) is 23.2 Å². The summed E-state index contributed by atoms with van der Waals surface area (Å²) in [6.45, 7) is 0.569. The van der Waals surface area contributed by atoms with Crippen molar-refractivity contribution < 1.29 is 17.6 Å². The molecule has 0 unspecified atom stereocenters. The third-order valence-electron chi connectivity index (χ3n) is 2.38. The smallest absolute Gasteiger partial charge is 0.315 e. The second-order valence-electron chi connectivity index (χ2n) is 3.89. The van der Waals surface area contributed by atoms with E-state index in [1.807, 2.05) is 0 Å². The van der Waals surface area contributed by atoms with Gasteiger partial charge >= 0.3 is 6.18 Å². The Morgan fingerprint density at radius 2 is 2.00 bits per heavy atom. The molecular formula is C12H10F4N2S. The average molecular weight is 290 g/mol. The van der Waals surface area contributed by atoms with Gasteiger partial charge in [-0.1, -0.05) is 0 Å². The molecule has 102 valence electrons. The Balaban J connectivity index is 2.41. The molecule has 0 bridgehead atoms. The summed E-state index contributed by atoms with van der Waals surface area (Å²) in [6.07, 6.45) is -3.00. The minimum Gasteiger partial charge on any atom is -0.315 e. The van der Waals surface area contributed by atoms with Crippen LogP contribution in [-0.4, -0.2) is 12.0 Å². The maximum absolute atomic E-state index is 13.3. The molecule has 0 atom stereocenters. The summed E-state index contributed by atoms with van der Waals surface area (Å²) in [7, 11) is 1.75. The molecule has 0 saturated heterocycles. The van der Waals surface area contributed by atoms with Gasteiger partial charge in [0.2, 0.25) is 0 Å². The van der Waals surface area contributed by atoms with E-state index < -0.39 is 17.6 Å². The highest BCUT2D eigenvalue weighted by molar-refractivity contribution is 7.15. The maximum atomic E-state index is 13.3. The average Bonchev–Trinajstić information content (AvgIpc) is 2.76. The molecule has 19 heavy (non-hydrogen) atoms. The van der Waals surface area contributed by atoms with Crippen LogP contribution in [0.25, 0.3) is 10.6 Å². The van der Waals surface area contributed by atoms with Crippen LogP contribution >= 0.6 is 11.3 Å². The van der Waals surface area contributed by atoms with E-state index in [1.165, 1.54) is 11.3 Å². The van der Waals surface area contributed by atoms with E-state index in [2.05, 4.69) is 10.3 Å². The number of rotatable bonds is 3. The van der Waals surface area contributed by atoms with Crippen molar-refractivity contribution in [2.75, 3.05) is 7.05 Å². The van der Waals surface area contributed by atoms with Gasteiger partial charge in [-0.15, -0.1) is 11.3 Å². The third kappa shape index (κ3) is 3.30. The Labute approximate surface area is 111 Å². The molecular weight excluding hydrogens is 280 g/mol. The fourth-order valence-electron chi connectivity index (χ4n) is 1.57. The van der Waals surface area contributed by atoms with Crippen molar-refractivity contribution in [3.05, 3.63) is 40.7 Å². The zero-order valence-electron chi connectivity index (χ0n) is 9.88. The van der Waals surface area contributed by atoms with Gasteiger partial charge in [0.25, 0.3) is 0 Å². The van der Waals surface area contributed by atoms with Crippen molar-refractivity contribution in [2.24, 2.45) is 0 Å². The van der Waals surface area contributed by atoms with E-state index in [0.717, 1.165) is 17.0 Å². The molecule has 0 aliphatic rings. The van der Waals surface area contributed by atoms with Gasteiger partial charge in [0.1, 0.15) is 10.8 Å². The fourth-order valence-corrected chi connectivity index (χ4v) is 2.49. The summed E-state index contributed by atoms with van der Waals surface area (Å²) in [5, 5.41) is 3.28. The summed E-state index contributed by atoms with van der Waals surface area (Å²) in [6, 6.07) is 2.44. The van der Waals surface area contributed by atoms with E-state index in [9.17, 15) is 17.6 Å². The first-order chi connectivity index (χ1) is 8.90. The molecule has 0 spiro atoms. The Morgan fingerprint density at radius 3 is 2.63 bits per heavy atom. The molecule has 0 amide bonds. The SMILES string of the molecule is CNCc1cnc(-c2cc(F)cc(C(F)(F)F)c2)s1. The summed E-state index contributed by atoms with van der Waals surface area (Å²) in [4.78, 5) is 4.88. The first-order valence-corrected chi connectivity index (χ1v) is 6.19. The zero-order valence-corrected chi connectivity index (χ0v) is 10.7. The van der Waals surface area contributed by atoms with Crippen LogP contribution in [0.4, 0.5) is 17.6 Å². The Hall–Kier alpha value is -1.47. The second kappa shape index (κ2) is 5.26. The van der Waals surface area contributed by atoms with Crippen LogP contribution < -0.4 is 5.32 Å². The molecule has 0 saturated carbocycles. The maximum Gasteiger partial charge on any atom is 0.416 e. The number of alkyl halides is 3. The van der Waals surface area contributed by atoms with Crippen LogP contribution in [0.15, 0.2) is 24.4 Å². The minimum absolute atomic E-state index is 0.139. The zero-order chi connectivity index (χ0) is 14.0. The summed E-state index contributed by atoms with van der Waals surface area (Å²) in [5.74, 6) is -0.921. The van der Waals surface area contributed by atoms with E-state index in [4.69, 9.17) is 0 Å². The third-order valence-corrected chi connectivity index (χ3v) is 3.42. The molecule has 0 aliphatic heterocycles. The second-order valence-corrected chi connectivity index (χ2v) is 5.00. The minimum atomic E-state index is -4.57. The molecule has 1 aromatic heterocycles. The molecule has 1 N–H and O–H groups in total. The first-order valence-electron chi connectivity index (χ1n) is 5.37. The lowest BCUT2D eigenvalue weighted by Crippen LogP contribution is -2.05. The Kier molecular flexibility index (Phi) is 3.86. The number of nitrogens with zero attached hydrogens (tertiary/aromatic N) is 1. The molecule has 2 nitrogen and oxygen atoms in total. The van der Waals surface area contributed by atoms with E-state index in [1.54, 1.807) is 13.2 Å². The standard InChI is InChI=1S/C12H10F4N2S/c1-17-5-10-6-18-11(19-10)7-2-8(12(14,15)16)4-9(13)3-7/h2-4,6,17H,5H2,1H3. The van der Waals surface area contributed by atoms with Crippen LogP contribution in [0.3, 0.4) is 0 Å². The number of aromatic nitrogens is 1. The lowest BCUT2D eigenvalue weighted by Gasteiger charge is -2.08. The number of hydrogen-bond donors (Lipinski definition) is 1. The predicted octanol–water partition coefficient (Wildman–Crippen LogP) is 3.69. The lowest BCUT2D eigenvalue weighted by molar-refractivity contribution is -0.137.